The molecule has 0 aliphatic heterocycles. The quantitative estimate of drug-likeness (QED) is 0.643. The first-order valence-electron chi connectivity index (χ1n) is 6.24. The largest absolute Gasteiger partial charge is 0.279 e. The lowest BCUT2D eigenvalue weighted by Crippen LogP contribution is -2.34. The third-order valence-electron chi connectivity index (χ3n) is 2.92. The van der Waals surface area contributed by atoms with Crippen LogP contribution in [0.5, 0.6) is 0 Å². The summed E-state index contributed by atoms with van der Waals surface area (Å²) in [6.07, 6.45) is 0. The van der Waals surface area contributed by atoms with Crippen molar-refractivity contribution in [1.82, 2.24) is 0 Å². The van der Waals surface area contributed by atoms with Crippen LogP contribution in [0.25, 0.3) is 0 Å². The molecular formula is C14H8Cl4FNO3S. The molecule has 0 atom stereocenters. The van der Waals surface area contributed by atoms with E-state index in [0.717, 1.165) is 24.3 Å². The summed E-state index contributed by atoms with van der Waals surface area (Å²) >= 11 is 22.8. The van der Waals surface area contributed by atoms with Crippen molar-refractivity contribution in [3.05, 3.63) is 57.3 Å². The van der Waals surface area contributed by atoms with Crippen LogP contribution in [0.15, 0.2) is 41.3 Å². The van der Waals surface area contributed by atoms with E-state index >= 15 is 0 Å². The van der Waals surface area contributed by atoms with Crippen LogP contribution in [0.3, 0.4) is 0 Å². The molecule has 0 radical (unpaired) electrons. The van der Waals surface area contributed by atoms with Gasteiger partial charge in [-0.25, -0.2) is 12.8 Å². The molecule has 128 valence electrons. The van der Waals surface area contributed by atoms with E-state index < -0.39 is 27.6 Å². The zero-order valence-electron chi connectivity index (χ0n) is 11.6. The number of carbonyl (C=O) groups is 1. The third kappa shape index (κ3) is 4.13. The maximum Gasteiger partial charge on any atom is 0.266 e. The van der Waals surface area contributed by atoms with Crippen molar-refractivity contribution in [3.63, 3.8) is 0 Å². The van der Waals surface area contributed by atoms with Gasteiger partial charge in [-0.1, -0.05) is 34.8 Å². The molecule has 0 aliphatic carbocycles. The highest BCUT2D eigenvalue weighted by molar-refractivity contribution is 7.93. The van der Waals surface area contributed by atoms with Gasteiger partial charge in [-0.15, -0.1) is 0 Å². The Labute approximate surface area is 157 Å². The fourth-order valence-electron chi connectivity index (χ4n) is 1.86. The highest BCUT2D eigenvalue weighted by Gasteiger charge is 2.29. The first-order chi connectivity index (χ1) is 11.1. The predicted octanol–water partition coefficient (Wildman–Crippen LogP) is 4.75. The molecule has 0 N–H and O–H groups in total. The molecule has 0 bridgehead atoms. The van der Waals surface area contributed by atoms with E-state index in [0.29, 0.717) is 4.31 Å². The van der Waals surface area contributed by atoms with Crippen LogP contribution in [0.4, 0.5) is 10.1 Å². The predicted molar refractivity (Wildman–Crippen MR) is 93.3 cm³/mol. The molecule has 2 aromatic rings. The molecule has 0 aliphatic rings. The summed E-state index contributed by atoms with van der Waals surface area (Å²) in [5.41, 5.74) is -0.0496. The van der Waals surface area contributed by atoms with Crippen LogP contribution in [-0.4, -0.2) is 20.2 Å². The Morgan fingerprint density at radius 1 is 1.04 bits per heavy atom. The van der Waals surface area contributed by atoms with Crippen molar-refractivity contribution in [3.8, 4) is 0 Å². The van der Waals surface area contributed by atoms with Gasteiger partial charge in [-0.05, 0) is 48.0 Å². The lowest BCUT2D eigenvalue weighted by Gasteiger charge is -2.23. The van der Waals surface area contributed by atoms with Crippen LogP contribution in [0.1, 0.15) is 0 Å². The second-order valence-electron chi connectivity index (χ2n) is 4.54. The van der Waals surface area contributed by atoms with Crippen molar-refractivity contribution in [2.75, 3.05) is 10.8 Å². The molecule has 0 amide bonds. The number of carbonyl (C=O) groups excluding carboxylic acids is 1. The van der Waals surface area contributed by atoms with Gasteiger partial charge in [0.05, 0.1) is 15.7 Å². The van der Waals surface area contributed by atoms with Crippen molar-refractivity contribution < 1.29 is 17.6 Å². The van der Waals surface area contributed by atoms with Crippen LogP contribution < -0.4 is 4.31 Å². The lowest BCUT2D eigenvalue weighted by molar-refractivity contribution is -0.110. The summed E-state index contributed by atoms with van der Waals surface area (Å²) in [6.45, 7) is -0.700. The number of halogens is 5. The maximum atomic E-state index is 13.3. The molecule has 10 heteroatoms. The molecule has 0 spiro atoms. The number of nitrogens with zero attached hydrogens (tertiary/aromatic N) is 1. The minimum Gasteiger partial charge on any atom is -0.279 e. The van der Waals surface area contributed by atoms with Gasteiger partial charge in [0.1, 0.15) is 17.3 Å². The highest BCUT2D eigenvalue weighted by Crippen LogP contribution is 2.32. The molecule has 2 aromatic carbocycles. The van der Waals surface area contributed by atoms with Gasteiger partial charge in [0, 0.05) is 5.02 Å². The van der Waals surface area contributed by atoms with Gasteiger partial charge in [-0.2, -0.15) is 0 Å². The van der Waals surface area contributed by atoms with E-state index in [2.05, 4.69) is 0 Å². The lowest BCUT2D eigenvalue weighted by atomic mass is 10.3. The van der Waals surface area contributed by atoms with Crippen LogP contribution >= 0.6 is 46.4 Å². The van der Waals surface area contributed by atoms with Gasteiger partial charge in [0.2, 0.25) is 5.24 Å². The third-order valence-corrected chi connectivity index (χ3v) is 5.82. The Balaban J connectivity index is 2.64. The monoisotopic (exact) mass is 429 g/mol. The number of hydrogen-bond donors (Lipinski definition) is 0. The first kappa shape index (κ1) is 19.3. The fraction of sp³-hybridized carbons (Fsp3) is 0.0714. The Kier molecular flexibility index (Phi) is 5.99. The second-order valence-corrected chi connectivity index (χ2v) is 8.04. The molecule has 0 heterocycles. The van der Waals surface area contributed by atoms with E-state index in [1.807, 2.05) is 0 Å². The Hall–Kier alpha value is -1.05. The van der Waals surface area contributed by atoms with Gasteiger partial charge >= 0.3 is 0 Å². The summed E-state index contributed by atoms with van der Waals surface area (Å²) in [5, 5.41) is -1.23. The van der Waals surface area contributed by atoms with E-state index in [1.165, 1.54) is 12.1 Å². The number of anilines is 1. The van der Waals surface area contributed by atoms with Gasteiger partial charge in [0.25, 0.3) is 10.0 Å². The standard InChI is InChI=1S/C14H8Cl4FNO3S/c15-8-1-3-10(16)13(5-8)24(22,23)20(7-14(18)21)9-2-4-12(19)11(17)6-9/h1-6H,7H2. The van der Waals surface area contributed by atoms with Gasteiger partial charge in [-0.3, -0.25) is 9.10 Å². The second kappa shape index (κ2) is 7.45. The van der Waals surface area contributed by atoms with E-state index in [9.17, 15) is 17.6 Å². The van der Waals surface area contributed by atoms with Crippen LogP contribution in [0.2, 0.25) is 15.1 Å². The van der Waals surface area contributed by atoms with Gasteiger partial charge in [0.15, 0.2) is 0 Å². The van der Waals surface area contributed by atoms with Crippen LogP contribution in [0, 0.1) is 5.82 Å². The minimum absolute atomic E-state index is 0.0496. The molecule has 0 saturated heterocycles. The number of sulfonamides is 1. The number of hydrogen-bond acceptors (Lipinski definition) is 3. The summed E-state index contributed by atoms with van der Waals surface area (Å²) in [4.78, 5) is 11.0. The molecule has 0 saturated carbocycles. The molecule has 0 aromatic heterocycles. The van der Waals surface area contributed by atoms with Crippen molar-refractivity contribution in [1.29, 1.82) is 0 Å². The summed E-state index contributed by atoms with van der Waals surface area (Å²) < 4.78 is 39.7. The smallest absolute Gasteiger partial charge is 0.266 e. The average molecular weight is 431 g/mol. The SMILES string of the molecule is O=C(Cl)CN(c1ccc(F)c(Cl)c1)S(=O)(=O)c1cc(Cl)ccc1Cl. The Bertz CT molecular complexity index is 905. The average Bonchev–Trinajstić information content (AvgIpc) is 2.50. The molecule has 24 heavy (non-hydrogen) atoms. The molecule has 2 rings (SSSR count). The Morgan fingerprint density at radius 2 is 1.71 bits per heavy atom. The maximum absolute atomic E-state index is 13.3. The zero-order valence-corrected chi connectivity index (χ0v) is 15.5. The minimum atomic E-state index is -4.30. The Morgan fingerprint density at radius 3 is 2.29 bits per heavy atom. The van der Waals surface area contributed by atoms with Crippen molar-refractivity contribution in [2.45, 2.75) is 4.90 Å². The normalized spacial score (nSPS) is 11.4. The van der Waals surface area contributed by atoms with Gasteiger partial charge < -0.3 is 0 Å². The molecule has 0 fully saturated rings. The molecular weight excluding hydrogens is 423 g/mol. The fourth-order valence-corrected chi connectivity index (χ4v) is 4.38. The highest BCUT2D eigenvalue weighted by atomic mass is 35.5. The number of benzene rings is 2. The first-order valence-corrected chi connectivity index (χ1v) is 9.19. The van der Waals surface area contributed by atoms with E-state index in [1.54, 1.807) is 0 Å². The van der Waals surface area contributed by atoms with E-state index in [-0.39, 0.29) is 25.7 Å². The summed E-state index contributed by atoms with van der Waals surface area (Å²) in [7, 11) is -4.30. The van der Waals surface area contributed by atoms with Crippen LogP contribution in [-0.2, 0) is 14.8 Å². The number of rotatable bonds is 5. The molecule has 0 unspecified atom stereocenters. The topological polar surface area (TPSA) is 54.5 Å². The van der Waals surface area contributed by atoms with Crippen molar-refractivity contribution in [2.24, 2.45) is 0 Å². The van der Waals surface area contributed by atoms with E-state index in [4.69, 9.17) is 46.4 Å². The van der Waals surface area contributed by atoms with Crippen molar-refractivity contribution >= 4 is 67.4 Å². The summed E-state index contributed by atoms with van der Waals surface area (Å²) in [6, 6.07) is 7.03. The summed E-state index contributed by atoms with van der Waals surface area (Å²) in [5.74, 6) is -0.740. The zero-order chi connectivity index (χ0) is 18.1. The molecule has 4 nitrogen and oxygen atoms in total.